The van der Waals surface area contributed by atoms with Crippen LogP contribution in [0.3, 0.4) is 0 Å². The number of hydrogen-bond acceptors (Lipinski definition) is 3. The number of nitrogens with one attached hydrogen (secondary N) is 2. The highest BCUT2D eigenvalue weighted by atomic mass is 19.1. The minimum Gasteiger partial charge on any atom is -0.352 e. The average molecular weight is 329 g/mol. The lowest BCUT2D eigenvalue weighted by Gasteiger charge is -2.08. The summed E-state index contributed by atoms with van der Waals surface area (Å²) in [6.45, 7) is 4.73. The molecule has 0 saturated carbocycles. The first-order valence-electron chi connectivity index (χ1n) is 7.76. The van der Waals surface area contributed by atoms with Crippen LogP contribution in [0.15, 0.2) is 42.7 Å². The van der Waals surface area contributed by atoms with E-state index >= 15 is 0 Å². The highest BCUT2D eigenvalue weighted by Gasteiger charge is 2.11. The number of carbonyl (C=O) groups excluding carboxylic acids is 2. The number of amides is 2. The molecule has 0 bridgehead atoms. The van der Waals surface area contributed by atoms with Crippen LogP contribution in [-0.4, -0.2) is 23.3 Å². The number of rotatable bonds is 6. The maximum absolute atomic E-state index is 12.9. The van der Waals surface area contributed by atoms with Crippen molar-refractivity contribution in [2.45, 2.75) is 20.3 Å². The largest absolute Gasteiger partial charge is 0.352 e. The van der Waals surface area contributed by atoms with Crippen molar-refractivity contribution in [2.24, 2.45) is 5.92 Å². The van der Waals surface area contributed by atoms with Crippen molar-refractivity contribution in [1.82, 2.24) is 10.3 Å². The molecule has 0 aliphatic heterocycles. The molecule has 126 valence electrons. The third kappa shape index (κ3) is 5.15. The summed E-state index contributed by atoms with van der Waals surface area (Å²) in [5.74, 6) is -0.559. The smallest absolute Gasteiger partial charge is 0.257 e. The van der Waals surface area contributed by atoms with Crippen LogP contribution in [0.25, 0.3) is 0 Å². The summed E-state index contributed by atoms with van der Waals surface area (Å²) in [4.78, 5) is 28.2. The Labute approximate surface area is 140 Å². The van der Waals surface area contributed by atoms with Gasteiger partial charge in [-0.05, 0) is 42.7 Å². The molecule has 2 rings (SSSR count). The van der Waals surface area contributed by atoms with Crippen LogP contribution < -0.4 is 10.6 Å². The predicted octanol–water partition coefficient (Wildman–Crippen LogP) is 3.25. The molecule has 5 nitrogen and oxygen atoms in total. The summed E-state index contributed by atoms with van der Waals surface area (Å²) in [6, 6.07) is 6.92. The molecule has 0 saturated heterocycles. The fourth-order valence-electron chi connectivity index (χ4n) is 2.00. The van der Waals surface area contributed by atoms with E-state index in [0.717, 1.165) is 6.42 Å². The number of nitrogens with zero attached hydrogens (tertiary/aromatic N) is 1. The monoisotopic (exact) mass is 329 g/mol. The van der Waals surface area contributed by atoms with E-state index in [1.165, 1.54) is 42.7 Å². The Morgan fingerprint density at radius 1 is 1.08 bits per heavy atom. The van der Waals surface area contributed by atoms with Gasteiger partial charge in [-0.25, -0.2) is 4.39 Å². The molecule has 1 aromatic heterocycles. The Morgan fingerprint density at radius 3 is 2.33 bits per heavy atom. The van der Waals surface area contributed by atoms with E-state index in [4.69, 9.17) is 0 Å². The van der Waals surface area contributed by atoms with Crippen molar-refractivity contribution in [1.29, 1.82) is 0 Å². The zero-order chi connectivity index (χ0) is 17.5. The lowest BCUT2D eigenvalue weighted by molar-refractivity contribution is 0.0951. The summed E-state index contributed by atoms with van der Waals surface area (Å²) >= 11 is 0. The molecule has 2 aromatic rings. The second-order valence-corrected chi connectivity index (χ2v) is 5.86. The number of carbonyl (C=O) groups is 2. The molecule has 0 fully saturated rings. The zero-order valence-corrected chi connectivity index (χ0v) is 13.7. The van der Waals surface area contributed by atoms with Gasteiger partial charge in [0.25, 0.3) is 11.8 Å². The average Bonchev–Trinajstić information content (AvgIpc) is 2.56. The summed E-state index contributed by atoms with van der Waals surface area (Å²) in [6.07, 6.45) is 3.67. The van der Waals surface area contributed by atoms with Crippen molar-refractivity contribution in [2.75, 3.05) is 11.9 Å². The quantitative estimate of drug-likeness (QED) is 0.854. The molecule has 24 heavy (non-hydrogen) atoms. The highest BCUT2D eigenvalue weighted by Crippen LogP contribution is 2.11. The third-order valence-electron chi connectivity index (χ3n) is 3.37. The molecular weight excluding hydrogens is 309 g/mol. The number of pyridine rings is 1. The van der Waals surface area contributed by atoms with Crippen LogP contribution in [0, 0.1) is 11.7 Å². The van der Waals surface area contributed by atoms with Crippen molar-refractivity contribution in [3.63, 3.8) is 0 Å². The van der Waals surface area contributed by atoms with Crippen molar-refractivity contribution >= 4 is 17.5 Å². The molecule has 0 spiro atoms. The Kier molecular flexibility index (Phi) is 6.01. The van der Waals surface area contributed by atoms with E-state index in [-0.39, 0.29) is 17.3 Å². The maximum Gasteiger partial charge on any atom is 0.257 e. The predicted molar refractivity (Wildman–Crippen MR) is 90.4 cm³/mol. The van der Waals surface area contributed by atoms with Crippen LogP contribution in [0.4, 0.5) is 10.1 Å². The molecule has 0 radical (unpaired) electrons. The van der Waals surface area contributed by atoms with Crippen LogP contribution in [0.2, 0.25) is 0 Å². The summed E-state index contributed by atoms with van der Waals surface area (Å²) < 4.78 is 12.9. The SMILES string of the molecule is CC(C)CCNC(=O)c1cncc(C(=O)Nc2ccc(F)cc2)c1. The van der Waals surface area contributed by atoms with Crippen molar-refractivity contribution in [3.05, 3.63) is 59.7 Å². The standard InChI is InChI=1S/C18H20FN3O2/c1-12(2)7-8-21-17(23)13-9-14(11-20-10-13)18(24)22-16-5-3-15(19)4-6-16/h3-6,9-12H,7-8H2,1-2H3,(H,21,23)(H,22,24). The van der Waals surface area contributed by atoms with Crippen LogP contribution in [-0.2, 0) is 0 Å². The summed E-state index contributed by atoms with van der Waals surface area (Å²) in [5, 5.41) is 5.43. The van der Waals surface area contributed by atoms with E-state index in [2.05, 4.69) is 29.5 Å². The Morgan fingerprint density at radius 2 is 1.71 bits per heavy atom. The topological polar surface area (TPSA) is 71.1 Å². The van der Waals surface area contributed by atoms with Crippen LogP contribution in [0.1, 0.15) is 41.0 Å². The van der Waals surface area contributed by atoms with E-state index in [1.54, 1.807) is 0 Å². The molecule has 2 N–H and O–H groups in total. The van der Waals surface area contributed by atoms with Crippen LogP contribution in [0.5, 0.6) is 0 Å². The first-order valence-corrected chi connectivity index (χ1v) is 7.76. The van der Waals surface area contributed by atoms with Crippen LogP contribution >= 0.6 is 0 Å². The van der Waals surface area contributed by atoms with Gasteiger partial charge in [-0.15, -0.1) is 0 Å². The second-order valence-electron chi connectivity index (χ2n) is 5.86. The van der Waals surface area contributed by atoms with Gasteiger partial charge >= 0.3 is 0 Å². The highest BCUT2D eigenvalue weighted by molar-refractivity contribution is 6.05. The molecule has 1 heterocycles. The van der Waals surface area contributed by atoms with E-state index in [1.807, 2.05) is 0 Å². The summed E-state index contributed by atoms with van der Waals surface area (Å²) in [7, 11) is 0. The third-order valence-corrected chi connectivity index (χ3v) is 3.37. The fraction of sp³-hybridized carbons (Fsp3) is 0.278. The van der Waals surface area contributed by atoms with Gasteiger partial charge in [0, 0.05) is 24.6 Å². The van der Waals surface area contributed by atoms with Gasteiger partial charge < -0.3 is 10.6 Å². The number of hydrogen-bond donors (Lipinski definition) is 2. The number of halogens is 1. The van der Waals surface area contributed by atoms with E-state index in [0.29, 0.717) is 23.7 Å². The zero-order valence-electron chi connectivity index (χ0n) is 13.7. The van der Waals surface area contributed by atoms with Crippen molar-refractivity contribution < 1.29 is 14.0 Å². The molecule has 0 unspecified atom stereocenters. The minimum atomic E-state index is -0.411. The Hall–Kier alpha value is -2.76. The molecule has 6 heteroatoms. The van der Waals surface area contributed by atoms with Crippen molar-refractivity contribution in [3.8, 4) is 0 Å². The normalized spacial score (nSPS) is 10.5. The molecule has 0 atom stereocenters. The summed E-state index contributed by atoms with van der Waals surface area (Å²) in [5.41, 5.74) is 1.05. The van der Waals surface area contributed by atoms with E-state index < -0.39 is 5.91 Å². The van der Waals surface area contributed by atoms with Gasteiger partial charge in [-0.3, -0.25) is 14.6 Å². The molecule has 0 aliphatic rings. The maximum atomic E-state index is 12.9. The van der Waals surface area contributed by atoms with Gasteiger partial charge in [-0.1, -0.05) is 13.8 Å². The second kappa shape index (κ2) is 8.19. The number of anilines is 1. The Balaban J connectivity index is 2.02. The molecule has 1 aromatic carbocycles. The Bertz CT molecular complexity index is 714. The van der Waals surface area contributed by atoms with Gasteiger partial charge in [0.05, 0.1) is 11.1 Å². The first-order chi connectivity index (χ1) is 11.5. The van der Waals surface area contributed by atoms with Gasteiger partial charge in [0.2, 0.25) is 0 Å². The van der Waals surface area contributed by atoms with E-state index in [9.17, 15) is 14.0 Å². The molecule has 2 amide bonds. The number of benzene rings is 1. The minimum absolute atomic E-state index is 0.260. The lowest BCUT2D eigenvalue weighted by atomic mass is 10.1. The first kappa shape index (κ1) is 17.6. The number of aromatic nitrogens is 1. The van der Waals surface area contributed by atoms with Gasteiger partial charge in [0.1, 0.15) is 5.82 Å². The molecular formula is C18H20FN3O2. The lowest BCUT2D eigenvalue weighted by Crippen LogP contribution is -2.26. The fourth-order valence-corrected chi connectivity index (χ4v) is 2.00. The van der Waals surface area contributed by atoms with Gasteiger partial charge in [0.15, 0.2) is 0 Å². The molecule has 0 aliphatic carbocycles. The van der Waals surface area contributed by atoms with Gasteiger partial charge in [-0.2, -0.15) is 0 Å².